The van der Waals surface area contributed by atoms with Crippen molar-refractivity contribution in [2.24, 2.45) is 0 Å². The molecule has 0 radical (unpaired) electrons. The molecule has 0 saturated carbocycles. The summed E-state index contributed by atoms with van der Waals surface area (Å²) >= 11 is 0. The summed E-state index contributed by atoms with van der Waals surface area (Å²) in [5.41, 5.74) is 1.80. The van der Waals surface area contributed by atoms with Crippen molar-refractivity contribution in [1.29, 1.82) is 0 Å². The molecule has 1 amide bonds. The third kappa shape index (κ3) is 4.90. The topological polar surface area (TPSA) is 76.6 Å². The van der Waals surface area contributed by atoms with Crippen LogP contribution in [0.15, 0.2) is 17.7 Å². The molecule has 7 heteroatoms. The fraction of sp³-hybridized carbons (Fsp3) is 0.650. The number of rotatable bonds is 4. The van der Waals surface area contributed by atoms with Gasteiger partial charge in [0.2, 0.25) is 11.7 Å². The molecule has 27 heavy (non-hydrogen) atoms. The van der Waals surface area contributed by atoms with E-state index in [0.29, 0.717) is 19.0 Å². The van der Waals surface area contributed by atoms with Gasteiger partial charge in [-0.3, -0.25) is 4.79 Å². The van der Waals surface area contributed by atoms with Crippen LogP contribution >= 0.6 is 0 Å². The summed E-state index contributed by atoms with van der Waals surface area (Å²) in [5.74, 6) is 1.29. The molecule has 1 unspecified atom stereocenters. The van der Waals surface area contributed by atoms with Gasteiger partial charge in [-0.2, -0.15) is 0 Å². The first-order valence-corrected chi connectivity index (χ1v) is 9.92. The molecule has 1 saturated heterocycles. The molecule has 1 fully saturated rings. The van der Waals surface area contributed by atoms with Crippen molar-refractivity contribution < 1.29 is 14.3 Å². The average Bonchev–Trinajstić information content (AvgIpc) is 2.61. The van der Waals surface area contributed by atoms with Crippen LogP contribution in [0.25, 0.3) is 0 Å². The Kier molecular flexibility index (Phi) is 6.53. The Morgan fingerprint density at radius 3 is 2.44 bits per heavy atom. The van der Waals surface area contributed by atoms with E-state index < -0.39 is 0 Å². The third-order valence-electron chi connectivity index (χ3n) is 5.13. The first-order valence-electron chi connectivity index (χ1n) is 9.92. The zero-order valence-corrected chi connectivity index (χ0v) is 16.6. The van der Waals surface area contributed by atoms with E-state index in [1.54, 1.807) is 6.92 Å². The van der Waals surface area contributed by atoms with Crippen LogP contribution in [0.1, 0.15) is 63.3 Å². The summed E-state index contributed by atoms with van der Waals surface area (Å²) in [6.45, 7) is 8.53. The molecular weight excluding hydrogens is 344 g/mol. The summed E-state index contributed by atoms with van der Waals surface area (Å²) in [5, 5.41) is 2.96. The molecule has 0 bridgehead atoms. The number of carbonyl (C=O) groups is 1. The fourth-order valence-corrected chi connectivity index (χ4v) is 3.56. The maximum Gasteiger partial charge on any atom is 0.290 e. The Bertz CT molecular complexity index is 696. The van der Waals surface area contributed by atoms with Gasteiger partial charge in [0.25, 0.3) is 5.91 Å². The van der Waals surface area contributed by atoms with Crippen molar-refractivity contribution in [2.45, 2.75) is 58.9 Å². The quantitative estimate of drug-likeness (QED) is 0.873. The van der Waals surface area contributed by atoms with Crippen LogP contribution < -0.4 is 10.2 Å². The Morgan fingerprint density at radius 1 is 1.11 bits per heavy atom. The average molecular weight is 374 g/mol. The molecule has 0 spiro atoms. The number of aryl methyl sites for hydroxylation is 1. The van der Waals surface area contributed by atoms with E-state index in [1.807, 2.05) is 20.0 Å². The van der Waals surface area contributed by atoms with Gasteiger partial charge in [0.15, 0.2) is 0 Å². The van der Waals surface area contributed by atoms with E-state index in [9.17, 15) is 4.79 Å². The molecule has 0 aromatic carbocycles. The molecule has 1 aromatic heterocycles. The number of carbonyl (C=O) groups excluding carboxylic acids is 1. The minimum atomic E-state index is -0.271. The lowest BCUT2D eigenvalue weighted by atomic mass is 10.1. The Hall–Kier alpha value is -2.31. The second kappa shape index (κ2) is 9.06. The van der Waals surface area contributed by atoms with Crippen LogP contribution in [0.4, 0.5) is 5.95 Å². The van der Waals surface area contributed by atoms with Gasteiger partial charge in [0, 0.05) is 30.5 Å². The number of nitrogens with zero attached hydrogens (tertiary/aromatic N) is 3. The smallest absolute Gasteiger partial charge is 0.290 e. The Balaban J connectivity index is 1.68. The van der Waals surface area contributed by atoms with E-state index in [1.165, 1.54) is 32.1 Å². The third-order valence-corrected chi connectivity index (χ3v) is 5.13. The molecule has 2 aliphatic heterocycles. The van der Waals surface area contributed by atoms with Gasteiger partial charge in [-0.05, 0) is 33.6 Å². The maximum atomic E-state index is 12.5. The van der Waals surface area contributed by atoms with Crippen LogP contribution in [-0.2, 0) is 14.3 Å². The number of anilines is 1. The number of aromatic nitrogens is 2. The van der Waals surface area contributed by atoms with Crippen LogP contribution in [0.5, 0.6) is 0 Å². The lowest BCUT2D eigenvalue weighted by Gasteiger charge is -2.26. The highest BCUT2D eigenvalue weighted by Crippen LogP contribution is 2.21. The zero-order valence-electron chi connectivity index (χ0n) is 16.6. The molecule has 148 valence electrons. The highest BCUT2D eigenvalue weighted by Gasteiger charge is 2.23. The summed E-state index contributed by atoms with van der Waals surface area (Å²) in [6, 6.07) is -0.218. The molecule has 7 nitrogen and oxygen atoms in total. The number of nitrogens with one attached hydrogen (secondary N) is 1. The first-order chi connectivity index (χ1) is 13.1. The van der Waals surface area contributed by atoms with E-state index in [4.69, 9.17) is 14.5 Å². The summed E-state index contributed by atoms with van der Waals surface area (Å²) < 4.78 is 10.8. The molecular formula is C20H30N4O3. The lowest BCUT2D eigenvalue weighted by Crippen LogP contribution is -2.33. The fourth-order valence-electron chi connectivity index (χ4n) is 3.56. The van der Waals surface area contributed by atoms with Crippen molar-refractivity contribution in [3.05, 3.63) is 29.0 Å². The Morgan fingerprint density at radius 2 is 1.78 bits per heavy atom. The minimum absolute atomic E-state index is 0.218. The standard InChI is InChI=1S/C20H30N4O3/c1-14(22-19(25)18-16(3)26-11-12-27-18)17-13-21-20(23-15(17)2)24-9-7-5-4-6-8-10-24/h13-14H,4-12H2,1-3H3,(H,22,25). The zero-order chi connectivity index (χ0) is 19.2. The van der Waals surface area contributed by atoms with Crippen molar-refractivity contribution in [3.8, 4) is 0 Å². The van der Waals surface area contributed by atoms with Crippen molar-refractivity contribution >= 4 is 11.9 Å². The first kappa shape index (κ1) is 19.5. The Labute approximate surface area is 161 Å². The second-order valence-corrected chi connectivity index (χ2v) is 7.24. The van der Waals surface area contributed by atoms with Crippen LogP contribution in [-0.4, -0.2) is 42.2 Å². The summed E-state index contributed by atoms with van der Waals surface area (Å²) in [7, 11) is 0. The molecule has 1 aromatic rings. The van der Waals surface area contributed by atoms with Gasteiger partial charge in [-0.15, -0.1) is 0 Å². The molecule has 0 aliphatic carbocycles. The van der Waals surface area contributed by atoms with Crippen LogP contribution in [0, 0.1) is 6.92 Å². The lowest BCUT2D eigenvalue weighted by molar-refractivity contribution is -0.123. The van der Waals surface area contributed by atoms with Gasteiger partial charge in [0.1, 0.15) is 19.0 Å². The van der Waals surface area contributed by atoms with Crippen molar-refractivity contribution in [3.63, 3.8) is 0 Å². The van der Waals surface area contributed by atoms with Crippen molar-refractivity contribution in [1.82, 2.24) is 15.3 Å². The predicted molar refractivity (Wildman–Crippen MR) is 103 cm³/mol. The van der Waals surface area contributed by atoms with E-state index in [-0.39, 0.29) is 17.7 Å². The van der Waals surface area contributed by atoms with E-state index >= 15 is 0 Å². The predicted octanol–water partition coefficient (Wildman–Crippen LogP) is 3.01. The number of amides is 1. The second-order valence-electron chi connectivity index (χ2n) is 7.24. The number of ether oxygens (including phenoxy) is 2. The van der Waals surface area contributed by atoms with Gasteiger partial charge in [0.05, 0.1) is 6.04 Å². The largest absolute Gasteiger partial charge is 0.491 e. The maximum absolute atomic E-state index is 12.5. The van der Waals surface area contributed by atoms with E-state index in [2.05, 4.69) is 15.2 Å². The molecule has 3 heterocycles. The monoisotopic (exact) mass is 374 g/mol. The summed E-state index contributed by atoms with van der Waals surface area (Å²) in [6.07, 6.45) is 8.09. The highest BCUT2D eigenvalue weighted by molar-refractivity contribution is 5.92. The van der Waals surface area contributed by atoms with Gasteiger partial charge in [-0.1, -0.05) is 19.3 Å². The molecule has 3 rings (SSSR count). The van der Waals surface area contributed by atoms with Gasteiger partial charge >= 0.3 is 0 Å². The molecule has 1 N–H and O–H groups in total. The number of hydrogen-bond donors (Lipinski definition) is 1. The normalized spacial score (nSPS) is 19.4. The van der Waals surface area contributed by atoms with Gasteiger partial charge < -0.3 is 19.7 Å². The molecule has 2 aliphatic rings. The highest BCUT2D eigenvalue weighted by atomic mass is 16.6. The van der Waals surface area contributed by atoms with Crippen LogP contribution in [0.2, 0.25) is 0 Å². The van der Waals surface area contributed by atoms with Crippen LogP contribution in [0.3, 0.4) is 0 Å². The van der Waals surface area contributed by atoms with Crippen molar-refractivity contribution in [2.75, 3.05) is 31.2 Å². The summed E-state index contributed by atoms with van der Waals surface area (Å²) in [4.78, 5) is 24.1. The van der Waals surface area contributed by atoms with E-state index in [0.717, 1.165) is 30.3 Å². The molecule has 1 atom stereocenters. The number of hydrogen-bond acceptors (Lipinski definition) is 6. The van der Waals surface area contributed by atoms with Gasteiger partial charge in [-0.25, -0.2) is 9.97 Å². The minimum Gasteiger partial charge on any atom is -0.491 e. The SMILES string of the molecule is CC1=C(C(=O)NC(C)c2cnc(N3CCCCCCC3)nc2C)OCCO1. The number of allylic oxidation sites excluding steroid dienone is 1.